The number of carbonyl (C=O) groups is 2. The van der Waals surface area contributed by atoms with Gasteiger partial charge in [-0.05, 0) is 36.8 Å². The molecule has 166 valence electrons. The molecule has 0 aliphatic carbocycles. The second kappa shape index (κ2) is 10.1. The van der Waals surface area contributed by atoms with Gasteiger partial charge in [0.1, 0.15) is 17.6 Å². The number of nitrogens with zero attached hydrogens (tertiary/aromatic N) is 1. The van der Waals surface area contributed by atoms with Crippen molar-refractivity contribution >= 4 is 56.6 Å². The van der Waals surface area contributed by atoms with Gasteiger partial charge in [-0.25, -0.2) is 4.98 Å². The van der Waals surface area contributed by atoms with E-state index in [-0.39, 0.29) is 22.1 Å². The molecule has 0 saturated carbocycles. The highest BCUT2D eigenvalue weighted by Crippen LogP contribution is 2.28. The Bertz CT molecular complexity index is 1020. The van der Waals surface area contributed by atoms with E-state index in [4.69, 9.17) is 17.0 Å². The first-order valence-electron chi connectivity index (χ1n) is 8.78. The third-order valence-electron chi connectivity index (χ3n) is 4.16. The molecule has 0 bridgehead atoms. The highest BCUT2D eigenvalue weighted by atomic mass is 79.9. The Morgan fingerprint density at radius 2 is 2.00 bits per heavy atom. The minimum atomic E-state index is -4.91. The van der Waals surface area contributed by atoms with Crippen LogP contribution in [0.5, 0.6) is 0 Å². The lowest BCUT2D eigenvalue weighted by molar-refractivity contribution is -0.116. The second-order valence-corrected chi connectivity index (χ2v) is 7.75. The fraction of sp³-hybridized carbons (Fsp3) is 0.263. The van der Waals surface area contributed by atoms with Gasteiger partial charge < -0.3 is 21.4 Å². The molecule has 1 heterocycles. The number of hydrogen-bond donors (Lipinski definition) is 4. The molecule has 2 aromatic rings. The highest BCUT2D eigenvalue weighted by molar-refractivity contribution is 9.10. The largest absolute Gasteiger partial charge is 0.428 e. The number of alkyl halides is 3. The third kappa shape index (κ3) is 6.41. The summed E-state index contributed by atoms with van der Waals surface area (Å²) in [6.45, 7) is 1.63. The molecule has 12 heteroatoms. The maximum absolute atomic E-state index is 13.0. The van der Waals surface area contributed by atoms with E-state index in [0.29, 0.717) is 10.0 Å². The molecule has 2 rings (SSSR count). The molecule has 2 amide bonds. The number of aromatic nitrogens is 1. The quantitative estimate of drug-likeness (QED) is 0.402. The van der Waals surface area contributed by atoms with Crippen LogP contribution in [0.2, 0.25) is 5.02 Å². The maximum Gasteiger partial charge on any atom is 0.428 e. The lowest BCUT2D eigenvalue weighted by Gasteiger charge is -2.22. The van der Waals surface area contributed by atoms with Crippen molar-refractivity contribution in [3.05, 3.63) is 51.1 Å². The van der Waals surface area contributed by atoms with Gasteiger partial charge >= 0.3 is 6.18 Å². The van der Waals surface area contributed by atoms with Gasteiger partial charge in [0, 0.05) is 24.1 Å². The number of amides is 2. The van der Waals surface area contributed by atoms with Crippen molar-refractivity contribution in [3.8, 4) is 0 Å². The van der Waals surface area contributed by atoms with E-state index in [2.05, 4.69) is 36.9 Å². The number of rotatable bonds is 7. The lowest BCUT2D eigenvalue weighted by Crippen LogP contribution is -2.40. The third-order valence-corrected chi connectivity index (χ3v) is 4.92. The van der Waals surface area contributed by atoms with Crippen molar-refractivity contribution < 1.29 is 22.8 Å². The number of nitrogens with one attached hydrogen (secondary N) is 4. The smallest absolute Gasteiger partial charge is 0.357 e. The molecule has 0 fully saturated rings. The first-order valence-corrected chi connectivity index (χ1v) is 9.96. The Hall–Kier alpha value is -2.66. The van der Waals surface area contributed by atoms with Crippen LogP contribution >= 0.6 is 27.5 Å². The monoisotopic (exact) mass is 519 g/mol. The Balaban J connectivity index is 2.40. The van der Waals surface area contributed by atoms with Crippen LogP contribution in [0.15, 0.2) is 34.9 Å². The lowest BCUT2D eigenvalue weighted by atomic mass is 10.0. The average molecular weight is 521 g/mol. The summed E-state index contributed by atoms with van der Waals surface area (Å²) in [6.07, 6.45) is -4.54. The Morgan fingerprint density at radius 3 is 2.58 bits per heavy atom. The molecule has 0 radical (unpaired) electrons. The van der Waals surface area contributed by atoms with Crippen molar-refractivity contribution in [2.75, 3.05) is 17.7 Å². The average Bonchev–Trinajstić information content (AvgIpc) is 2.69. The van der Waals surface area contributed by atoms with E-state index < -0.39 is 36.2 Å². The fourth-order valence-electron chi connectivity index (χ4n) is 2.62. The molecular formula is C19H18BrClF3N5O2. The summed E-state index contributed by atoms with van der Waals surface area (Å²) in [5.74, 6) is -1.41. The normalized spacial score (nSPS) is 12.1. The van der Waals surface area contributed by atoms with E-state index >= 15 is 0 Å². The Labute approximate surface area is 189 Å². The number of aryl methyl sites for hydroxylation is 1. The molecule has 1 unspecified atom stereocenters. The van der Waals surface area contributed by atoms with Crippen molar-refractivity contribution in [1.82, 2.24) is 10.3 Å². The zero-order valence-corrected chi connectivity index (χ0v) is 18.7. The molecule has 0 spiro atoms. The van der Waals surface area contributed by atoms with Crippen LogP contribution in [-0.4, -0.2) is 41.8 Å². The van der Waals surface area contributed by atoms with Crippen LogP contribution in [0.4, 0.5) is 24.7 Å². The van der Waals surface area contributed by atoms with Crippen LogP contribution in [0.1, 0.15) is 22.3 Å². The van der Waals surface area contributed by atoms with Gasteiger partial charge in [0.2, 0.25) is 5.91 Å². The number of carbonyl (C=O) groups excluding carboxylic acids is 2. The van der Waals surface area contributed by atoms with Crippen LogP contribution in [0.3, 0.4) is 0 Å². The zero-order valence-electron chi connectivity index (χ0n) is 16.3. The highest BCUT2D eigenvalue weighted by Gasteiger charge is 2.37. The Kier molecular flexibility index (Phi) is 8.02. The molecule has 1 aromatic heterocycles. The van der Waals surface area contributed by atoms with Crippen molar-refractivity contribution in [2.24, 2.45) is 0 Å². The first kappa shape index (κ1) is 24.6. The minimum Gasteiger partial charge on any atom is -0.357 e. The number of hydrogen-bond acceptors (Lipinski definition) is 5. The summed E-state index contributed by atoms with van der Waals surface area (Å²) in [6, 6.07) is 4.53. The van der Waals surface area contributed by atoms with Gasteiger partial charge in [0.25, 0.3) is 5.91 Å². The SMILES string of the molecule is CNC(=O)c1cc(Br)cc(C)c1NC(=O)C(CC(=N)C(F)(F)F)Nc1ncccc1Cl. The predicted molar refractivity (Wildman–Crippen MR) is 116 cm³/mol. The van der Waals surface area contributed by atoms with Crippen LogP contribution in [0.25, 0.3) is 0 Å². The van der Waals surface area contributed by atoms with Crippen molar-refractivity contribution in [1.29, 1.82) is 5.41 Å². The van der Waals surface area contributed by atoms with E-state index in [9.17, 15) is 22.8 Å². The molecule has 1 atom stereocenters. The summed E-state index contributed by atoms with van der Waals surface area (Å²) >= 11 is 9.26. The van der Waals surface area contributed by atoms with Gasteiger partial charge in [-0.1, -0.05) is 27.5 Å². The summed E-state index contributed by atoms with van der Waals surface area (Å²) in [7, 11) is 1.41. The molecule has 7 nitrogen and oxygen atoms in total. The molecule has 0 aliphatic rings. The van der Waals surface area contributed by atoms with E-state index in [1.807, 2.05) is 0 Å². The number of anilines is 2. The zero-order chi connectivity index (χ0) is 23.3. The summed E-state index contributed by atoms with van der Waals surface area (Å²) < 4.78 is 39.5. The summed E-state index contributed by atoms with van der Waals surface area (Å²) in [5.41, 5.74) is -0.860. The van der Waals surface area contributed by atoms with Crippen molar-refractivity contribution in [2.45, 2.75) is 25.6 Å². The van der Waals surface area contributed by atoms with Gasteiger partial charge in [0.05, 0.1) is 16.3 Å². The molecule has 31 heavy (non-hydrogen) atoms. The van der Waals surface area contributed by atoms with Gasteiger partial charge in [-0.15, -0.1) is 0 Å². The summed E-state index contributed by atoms with van der Waals surface area (Å²) in [4.78, 5) is 29.1. The topological polar surface area (TPSA) is 107 Å². The van der Waals surface area contributed by atoms with Gasteiger partial charge in [0.15, 0.2) is 0 Å². The van der Waals surface area contributed by atoms with E-state index in [1.165, 1.54) is 31.4 Å². The number of benzene rings is 1. The van der Waals surface area contributed by atoms with Gasteiger partial charge in [-0.3, -0.25) is 9.59 Å². The van der Waals surface area contributed by atoms with E-state index in [1.54, 1.807) is 13.0 Å². The maximum atomic E-state index is 13.0. The molecule has 0 saturated heterocycles. The summed E-state index contributed by atoms with van der Waals surface area (Å²) in [5, 5.41) is 14.9. The van der Waals surface area contributed by atoms with Crippen molar-refractivity contribution in [3.63, 3.8) is 0 Å². The second-order valence-electron chi connectivity index (χ2n) is 6.42. The minimum absolute atomic E-state index is 0.0154. The van der Waals surface area contributed by atoms with Crippen LogP contribution in [-0.2, 0) is 4.79 Å². The molecule has 0 aliphatic heterocycles. The van der Waals surface area contributed by atoms with Gasteiger partial charge in [-0.2, -0.15) is 13.2 Å². The standard InChI is InChI=1S/C19H18BrClF3N5O2/c1-9-6-10(20)7-11(17(30)26-2)15(9)29-18(31)13(8-14(25)19(22,23)24)28-16-12(21)4-3-5-27-16/h3-7,13,25H,8H2,1-2H3,(H,26,30)(H,27,28)(H,29,31). The number of pyridine rings is 1. The first-order chi connectivity index (χ1) is 14.4. The molecule has 4 N–H and O–H groups in total. The number of halogens is 5. The predicted octanol–water partition coefficient (Wildman–Crippen LogP) is 4.56. The molecular weight excluding hydrogens is 503 g/mol. The van der Waals surface area contributed by atoms with E-state index in [0.717, 1.165) is 0 Å². The van der Waals surface area contributed by atoms with Crippen LogP contribution < -0.4 is 16.0 Å². The Morgan fingerprint density at radius 1 is 1.32 bits per heavy atom. The fourth-order valence-corrected chi connectivity index (χ4v) is 3.37. The van der Waals surface area contributed by atoms with Crippen LogP contribution in [0, 0.1) is 12.3 Å². The molecule has 1 aromatic carbocycles.